The van der Waals surface area contributed by atoms with Crippen LogP contribution in [0.15, 0.2) is 30.3 Å². The highest BCUT2D eigenvalue weighted by atomic mass is 79.9. The molecule has 1 aromatic rings. The molecule has 37 heavy (non-hydrogen) atoms. The molecule has 1 spiro atoms. The molecule has 8 nitrogen and oxygen atoms in total. The van der Waals surface area contributed by atoms with Crippen LogP contribution in [0.5, 0.6) is 0 Å². The van der Waals surface area contributed by atoms with Gasteiger partial charge in [0.25, 0.3) is 0 Å². The topological polar surface area (TPSA) is 108 Å². The van der Waals surface area contributed by atoms with Crippen molar-refractivity contribution in [2.45, 2.75) is 92.8 Å². The maximum atomic E-state index is 14.0. The van der Waals surface area contributed by atoms with E-state index in [-0.39, 0.29) is 35.2 Å². The number of halogens is 1. The lowest BCUT2D eigenvalue weighted by Crippen LogP contribution is -2.57. The van der Waals surface area contributed by atoms with Crippen LogP contribution in [0.4, 0.5) is 5.69 Å². The van der Waals surface area contributed by atoms with Gasteiger partial charge in [-0.25, -0.2) is 0 Å². The fourth-order valence-electron chi connectivity index (χ4n) is 6.99. The molecular weight excluding hydrogens is 538 g/mol. The van der Waals surface area contributed by atoms with E-state index >= 15 is 0 Å². The van der Waals surface area contributed by atoms with Crippen molar-refractivity contribution in [2.24, 2.45) is 11.8 Å². The molecule has 2 bridgehead atoms. The van der Waals surface area contributed by atoms with E-state index in [9.17, 15) is 14.4 Å². The van der Waals surface area contributed by atoms with Crippen molar-refractivity contribution in [3.8, 4) is 0 Å². The van der Waals surface area contributed by atoms with Gasteiger partial charge in [-0.05, 0) is 44.2 Å². The molecule has 1 aliphatic carbocycles. The number of rotatable bonds is 10. The summed E-state index contributed by atoms with van der Waals surface area (Å²) in [6.45, 7) is 0.597. The Bertz CT molecular complexity index is 987. The number of benzene rings is 1. The Kier molecular flexibility index (Phi) is 8.22. The number of amides is 3. The molecule has 3 aliphatic heterocycles. The number of alkyl halides is 1. The van der Waals surface area contributed by atoms with E-state index in [1.165, 1.54) is 6.42 Å². The Balaban J connectivity index is 1.41. The molecule has 6 atom stereocenters. The third kappa shape index (κ3) is 5.06. The highest BCUT2D eigenvalue weighted by Gasteiger charge is 2.76. The average Bonchev–Trinajstić information content (AvgIpc) is 3.48. The van der Waals surface area contributed by atoms with Crippen LogP contribution in [0.1, 0.15) is 64.2 Å². The Labute approximate surface area is 227 Å². The number of unbranched alkanes of at least 4 members (excludes halogenated alkanes) is 3. The number of aliphatic hydroxyl groups excluding tert-OH is 1. The normalized spacial score (nSPS) is 33.0. The lowest BCUT2D eigenvalue weighted by atomic mass is 9.70. The fourth-order valence-corrected chi connectivity index (χ4v) is 7.93. The minimum Gasteiger partial charge on any atom is -0.396 e. The zero-order chi connectivity index (χ0) is 26.0. The van der Waals surface area contributed by atoms with Crippen molar-refractivity contribution >= 4 is 39.3 Å². The number of hydrogen-bond acceptors (Lipinski definition) is 5. The molecule has 4 fully saturated rings. The van der Waals surface area contributed by atoms with Crippen LogP contribution in [0, 0.1) is 11.8 Å². The minimum absolute atomic E-state index is 0.113. The summed E-state index contributed by atoms with van der Waals surface area (Å²) < 4.78 is 6.57. The number of aliphatic hydroxyl groups is 1. The molecule has 202 valence electrons. The Morgan fingerprint density at radius 2 is 1.78 bits per heavy atom. The third-order valence-electron chi connectivity index (χ3n) is 8.64. The number of likely N-dealkylation sites (tertiary alicyclic amines) is 1. The Morgan fingerprint density at radius 1 is 1.05 bits per heavy atom. The van der Waals surface area contributed by atoms with Gasteiger partial charge in [0, 0.05) is 29.7 Å². The quantitative estimate of drug-likeness (QED) is 0.293. The average molecular weight is 577 g/mol. The van der Waals surface area contributed by atoms with Crippen molar-refractivity contribution in [3.05, 3.63) is 30.3 Å². The van der Waals surface area contributed by atoms with E-state index in [0.717, 1.165) is 51.4 Å². The maximum absolute atomic E-state index is 14.0. The Hall–Kier alpha value is -1.97. The molecular formula is C28H38BrN3O5. The number of carbonyl (C=O) groups is 3. The second-order valence-corrected chi connectivity index (χ2v) is 12.2. The van der Waals surface area contributed by atoms with Crippen molar-refractivity contribution in [1.29, 1.82) is 0 Å². The van der Waals surface area contributed by atoms with E-state index in [2.05, 4.69) is 26.6 Å². The van der Waals surface area contributed by atoms with E-state index in [1.807, 2.05) is 30.3 Å². The number of nitrogens with one attached hydrogen (secondary N) is 2. The maximum Gasteiger partial charge on any atom is 0.246 e. The van der Waals surface area contributed by atoms with Crippen LogP contribution >= 0.6 is 15.9 Å². The molecule has 5 rings (SSSR count). The fraction of sp³-hybridized carbons (Fsp3) is 0.679. The first-order valence-corrected chi connectivity index (χ1v) is 14.8. The van der Waals surface area contributed by atoms with Gasteiger partial charge >= 0.3 is 0 Å². The lowest BCUT2D eigenvalue weighted by molar-refractivity contribution is -0.141. The molecule has 0 radical (unpaired) electrons. The number of nitrogens with zero attached hydrogens (tertiary/aromatic N) is 1. The van der Waals surface area contributed by atoms with E-state index in [4.69, 9.17) is 9.84 Å². The lowest BCUT2D eigenvalue weighted by Gasteiger charge is -2.35. The molecule has 3 amide bonds. The number of anilines is 1. The van der Waals surface area contributed by atoms with Gasteiger partial charge in [-0.1, -0.05) is 66.2 Å². The first kappa shape index (κ1) is 26.6. The van der Waals surface area contributed by atoms with Crippen LogP contribution in [0.2, 0.25) is 0 Å². The zero-order valence-corrected chi connectivity index (χ0v) is 22.8. The first-order valence-electron chi connectivity index (χ1n) is 13.9. The van der Waals surface area contributed by atoms with Gasteiger partial charge in [-0.15, -0.1) is 0 Å². The van der Waals surface area contributed by atoms with Gasteiger partial charge < -0.3 is 25.4 Å². The summed E-state index contributed by atoms with van der Waals surface area (Å²) in [4.78, 5) is 43.0. The Morgan fingerprint density at radius 3 is 2.51 bits per heavy atom. The number of carbonyl (C=O) groups excluding carboxylic acids is 3. The van der Waals surface area contributed by atoms with Gasteiger partial charge in [0.1, 0.15) is 11.6 Å². The van der Waals surface area contributed by atoms with Crippen LogP contribution in [-0.2, 0) is 19.1 Å². The summed E-state index contributed by atoms with van der Waals surface area (Å²) in [5, 5.41) is 15.3. The van der Waals surface area contributed by atoms with E-state index in [1.54, 1.807) is 4.90 Å². The summed E-state index contributed by atoms with van der Waals surface area (Å²) in [6.07, 6.45) is 8.55. The predicted molar refractivity (Wildman–Crippen MR) is 143 cm³/mol. The molecule has 1 aromatic carbocycles. The second kappa shape index (κ2) is 11.4. The highest BCUT2D eigenvalue weighted by molar-refractivity contribution is 9.09. The van der Waals surface area contributed by atoms with Crippen LogP contribution in [-0.4, -0.2) is 69.5 Å². The SMILES string of the molecule is O=C(NC1CCCCC1)C1N(CCCCCCO)C(=O)[C@@H]2[C@@H](C(=O)Nc3ccccc3)[C@@H]3OC12CC3Br. The summed E-state index contributed by atoms with van der Waals surface area (Å²) in [7, 11) is 0. The smallest absolute Gasteiger partial charge is 0.246 e. The molecule has 1 saturated carbocycles. The van der Waals surface area contributed by atoms with Gasteiger partial charge in [-0.3, -0.25) is 14.4 Å². The van der Waals surface area contributed by atoms with Crippen molar-refractivity contribution in [2.75, 3.05) is 18.5 Å². The standard InChI is InChI=1S/C28H38BrN3O5/c29-20-17-28-22(21(23(20)37-28)25(34)30-18-11-5-3-6-12-18)27(36)32(15-9-1-2-10-16-33)24(28)26(35)31-19-13-7-4-8-14-19/h3,5-6,11-12,19-24,33H,1-2,4,7-10,13-17H2,(H,30,34)(H,31,35)/t20?,21-,22+,23-,24?,28?/m1/s1. The van der Waals surface area contributed by atoms with Gasteiger partial charge in [0.15, 0.2) is 0 Å². The number of hydrogen-bond donors (Lipinski definition) is 3. The molecule has 3 N–H and O–H groups in total. The van der Waals surface area contributed by atoms with E-state index < -0.39 is 29.6 Å². The molecule has 3 unspecified atom stereocenters. The number of para-hydroxylation sites is 1. The van der Waals surface area contributed by atoms with Crippen LogP contribution in [0.25, 0.3) is 0 Å². The highest BCUT2D eigenvalue weighted by Crippen LogP contribution is 2.60. The molecule has 0 aromatic heterocycles. The van der Waals surface area contributed by atoms with Crippen LogP contribution < -0.4 is 10.6 Å². The van der Waals surface area contributed by atoms with Gasteiger partial charge in [0.05, 0.1) is 17.9 Å². The number of fused-ring (bicyclic) bond motifs is 1. The summed E-state index contributed by atoms with van der Waals surface area (Å²) >= 11 is 3.73. The largest absolute Gasteiger partial charge is 0.396 e. The van der Waals surface area contributed by atoms with Gasteiger partial charge in [0.2, 0.25) is 17.7 Å². The van der Waals surface area contributed by atoms with Crippen molar-refractivity contribution in [1.82, 2.24) is 10.2 Å². The molecule has 9 heteroatoms. The molecule has 3 heterocycles. The molecule has 4 aliphatic rings. The summed E-state index contributed by atoms with van der Waals surface area (Å²) in [5.74, 6) is -1.90. The van der Waals surface area contributed by atoms with Crippen molar-refractivity contribution in [3.63, 3.8) is 0 Å². The van der Waals surface area contributed by atoms with E-state index in [0.29, 0.717) is 18.7 Å². The number of ether oxygens (including phenoxy) is 1. The molecule has 3 saturated heterocycles. The first-order chi connectivity index (χ1) is 18.0. The zero-order valence-electron chi connectivity index (χ0n) is 21.2. The summed E-state index contributed by atoms with van der Waals surface area (Å²) in [5.41, 5.74) is -0.341. The van der Waals surface area contributed by atoms with Crippen molar-refractivity contribution < 1.29 is 24.2 Å². The second-order valence-electron chi connectivity index (χ2n) is 11.0. The minimum atomic E-state index is -1.02. The summed E-state index contributed by atoms with van der Waals surface area (Å²) in [6, 6.07) is 8.61. The monoisotopic (exact) mass is 575 g/mol. The predicted octanol–water partition coefficient (Wildman–Crippen LogP) is 3.37. The third-order valence-corrected chi connectivity index (χ3v) is 9.49. The van der Waals surface area contributed by atoms with Crippen LogP contribution in [0.3, 0.4) is 0 Å². The van der Waals surface area contributed by atoms with Gasteiger partial charge in [-0.2, -0.15) is 0 Å².